The summed E-state index contributed by atoms with van der Waals surface area (Å²) in [6.07, 6.45) is 0.738. The zero-order valence-corrected chi connectivity index (χ0v) is 28.3. The van der Waals surface area contributed by atoms with Gasteiger partial charge in [-0.2, -0.15) is 0 Å². The van der Waals surface area contributed by atoms with Gasteiger partial charge in [-0.3, -0.25) is 24.1 Å². The number of nitrogens with zero attached hydrogens (tertiary/aromatic N) is 1. The van der Waals surface area contributed by atoms with Gasteiger partial charge in [0.25, 0.3) is 5.91 Å². The van der Waals surface area contributed by atoms with Crippen LogP contribution in [-0.4, -0.2) is 47.1 Å². The number of carbonyl (C=O) groups is 4. The van der Waals surface area contributed by atoms with Crippen LogP contribution in [0.25, 0.3) is 0 Å². The third-order valence-electron chi connectivity index (χ3n) is 10.3. The lowest BCUT2D eigenvalue weighted by atomic mass is 9.68. The molecule has 3 aromatic carbocycles. The Balaban J connectivity index is 1.09. The summed E-state index contributed by atoms with van der Waals surface area (Å²) in [6.45, 7) is 3.73. The van der Waals surface area contributed by atoms with E-state index in [4.69, 9.17) is 9.47 Å². The second-order valence-corrected chi connectivity index (χ2v) is 15.2. The van der Waals surface area contributed by atoms with Gasteiger partial charge in [0, 0.05) is 27.3 Å². The SMILES string of the molecule is CCOC(=O)c1ccc(N2C(=O)[C@H]3[C@H]4C[C@@H]([C@@H]3C2=O)[C@@H]2[C@H](c3ccccc3OCC(=O)Nc3cccc(C)c3)c3sc(=O)[nH]c3S[C@H]42)cc1. The van der Waals surface area contributed by atoms with Gasteiger partial charge in [0.05, 0.1) is 34.7 Å². The molecule has 2 bridgehead atoms. The number of carbonyl (C=O) groups excluding carboxylic acids is 4. The highest BCUT2D eigenvalue weighted by atomic mass is 32.2. The number of H-pyrrole nitrogens is 1. The summed E-state index contributed by atoms with van der Waals surface area (Å²) in [5.41, 5.74) is 3.36. The summed E-state index contributed by atoms with van der Waals surface area (Å²) >= 11 is 2.78. The van der Waals surface area contributed by atoms with Crippen molar-refractivity contribution >= 4 is 58.2 Å². The highest BCUT2D eigenvalue weighted by Crippen LogP contribution is 2.69. The van der Waals surface area contributed by atoms with E-state index in [2.05, 4.69) is 10.3 Å². The van der Waals surface area contributed by atoms with Crippen molar-refractivity contribution in [1.29, 1.82) is 0 Å². The molecular weight excluding hydrogens is 663 g/mol. The molecule has 0 unspecified atom stereocenters. The van der Waals surface area contributed by atoms with Crippen molar-refractivity contribution in [2.24, 2.45) is 29.6 Å². The van der Waals surface area contributed by atoms with Gasteiger partial charge in [-0.1, -0.05) is 41.7 Å². The number of esters is 1. The van der Waals surface area contributed by atoms with Gasteiger partial charge in [0.1, 0.15) is 5.75 Å². The normalized spacial score (nSPS) is 26.2. The van der Waals surface area contributed by atoms with Gasteiger partial charge in [-0.15, -0.1) is 11.8 Å². The molecule has 1 saturated heterocycles. The molecule has 2 aliphatic carbocycles. The quantitative estimate of drug-likeness (QED) is 0.179. The first kappa shape index (κ1) is 31.6. The zero-order valence-electron chi connectivity index (χ0n) is 26.7. The van der Waals surface area contributed by atoms with Gasteiger partial charge >= 0.3 is 10.8 Å². The number of hydrogen-bond donors (Lipinski definition) is 2. The fourth-order valence-corrected chi connectivity index (χ4v) is 11.4. The lowest BCUT2D eigenvalue weighted by molar-refractivity contribution is -0.123. The summed E-state index contributed by atoms with van der Waals surface area (Å²) < 4.78 is 11.3. The standard InChI is InChI=1S/C37H33N3O7S2/c1-3-46-36(44)19-11-13-21(14-12-19)40-34(42)29-23-16-24(30(29)35(40)43)31-28(23)27(32-33(48-31)39-37(45)49-32)22-9-4-5-10-25(22)47-17-26(41)38-20-8-6-7-18(2)15-20/h4-15,23-24,27-31H,3,16-17H2,1-2H3,(H,38,41)(H,39,45)/t23-,24-,27+,28-,29+,30+,31-/m1/s1. The molecule has 12 heteroatoms. The number of imide groups is 1. The Bertz CT molecular complexity index is 2060. The molecule has 0 radical (unpaired) electrons. The minimum Gasteiger partial charge on any atom is -0.483 e. The Morgan fingerprint density at radius 2 is 1.71 bits per heavy atom. The number of anilines is 2. The number of amides is 3. The number of thioether (sulfide) groups is 1. The van der Waals surface area contributed by atoms with Crippen LogP contribution in [0.4, 0.5) is 11.4 Å². The van der Waals surface area contributed by atoms with E-state index in [9.17, 15) is 24.0 Å². The first-order valence-corrected chi connectivity index (χ1v) is 18.1. The summed E-state index contributed by atoms with van der Waals surface area (Å²) in [7, 11) is 0. The Morgan fingerprint density at radius 3 is 2.47 bits per heavy atom. The summed E-state index contributed by atoms with van der Waals surface area (Å²) in [5.74, 6) is -2.05. The van der Waals surface area contributed by atoms with Crippen LogP contribution >= 0.6 is 23.1 Å². The van der Waals surface area contributed by atoms with Crippen LogP contribution in [0.5, 0.6) is 5.75 Å². The summed E-state index contributed by atoms with van der Waals surface area (Å²) in [5, 5.41) is 3.67. The maximum Gasteiger partial charge on any atom is 0.338 e. The molecule has 2 N–H and O–H groups in total. The number of aromatic amines is 1. The Hall–Kier alpha value is -4.68. The molecule has 2 saturated carbocycles. The zero-order chi connectivity index (χ0) is 34.0. The molecule has 4 aromatic rings. The van der Waals surface area contributed by atoms with Crippen molar-refractivity contribution in [3.05, 3.63) is 104 Å². The van der Waals surface area contributed by atoms with Gasteiger partial charge in [0.2, 0.25) is 11.8 Å². The van der Waals surface area contributed by atoms with Gasteiger partial charge < -0.3 is 19.8 Å². The average Bonchev–Trinajstić information content (AvgIpc) is 3.83. The van der Waals surface area contributed by atoms with Crippen LogP contribution < -0.4 is 19.8 Å². The minimum atomic E-state index is -0.489. The lowest BCUT2D eigenvalue weighted by Crippen LogP contribution is -2.42. The fraction of sp³-hybridized carbons (Fsp3) is 0.324. The molecule has 49 heavy (non-hydrogen) atoms. The van der Waals surface area contributed by atoms with Crippen molar-refractivity contribution in [1.82, 2.24) is 4.98 Å². The summed E-state index contributed by atoms with van der Waals surface area (Å²) in [6, 6.07) is 21.5. The molecule has 3 amide bonds. The number of rotatable bonds is 8. The van der Waals surface area contributed by atoms with Crippen molar-refractivity contribution in [2.45, 2.75) is 36.5 Å². The summed E-state index contributed by atoms with van der Waals surface area (Å²) in [4.78, 5) is 71.1. The maximum atomic E-state index is 14.2. The van der Waals surface area contributed by atoms with Crippen molar-refractivity contribution in [2.75, 3.05) is 23.4 Å². The van der Waals surface area contributed by atoms with E-state index in [1.807, 2.05) is 55.5 Å². The van der Waals surface area contributed by atoms with E-state index >= 15 is 0 Å². The first-order valence-electron chi connectivity index (χ1n) is 16.4. The molecule has 2 aliphatic heterocycles. The topological polar surface area (TPSA) is 135 Å². The molecule has 4 aliphatic rings. The number of aryl methyl sites for hydroxylation is 1. The largest absolute Gasteiger partial charge is 0.483 e. The molecule has 3 heterocycles. The fourth-order valence-electron chi connectivity index (χ4n) is 8.51. The maximum absolute atomic E-state index is 14.2. The first-order chi connectivity index (χ1) is 23.7. The predicted molar refractivity (Wildman–Crippen MR) is 185 cm³/mol. The molecule has 7 atom stereocenters. The predicted octanol–water partition coefficient (Wildman–Crippen LogP) is 5.62. The highest BCUT2D eigenvalue weighted by Gasteiger charge is 2.69. The van der Waals surface area contributed by atoms with E-state index in [0.717, 1.165) is 27.5 Å². The van der Waals surface area contributed by atoms with Crippen LogP contribution in [0, 0.1) is 36.5 Å². The smallest absolute Gasteiger partial charge is 0.338 e. The van der Waals surface area contributed by atoms with Crippen LogP contribution in [0.3, 0.4) is 0 Å². The number of aromatic nitrogens is 1. The van der Waals surface area contributed by atoms with Crippen molar-refractivity contribution < 1.29 is 28.7 Å². The van der Waals surface area contributed by atoms with E-state index < -0.39 is 17.8 Å². The van der Waals surface area contributed by atoms with E-state index in [1.54, 1.807) is 43.0 Å². The third-order valence-corrected chi connectivity index (χ3v) is 12.9. The Morgan fingerprint density at radius 1 is 0.959 bits per heavy atom. The molecular formula is C37H33N3O7S2. The average molecular weight is 696 g/mol. The van der Waals surface area contributed by atoms with Gasteiger partial charge in [0.15, 0.2) is 6.61 Å². The number of hydrogen-bond acceptors (Lipinski definition) is 9. The second-order valence-electron chi connectivity index (χ2n) is 13.0. The highest BCUT2D eigenvalue weighted by molar-refractivity contribution is 8.00. The van der Waals surface area contributed by atoms with Gasteiger partial charge in [-0.05, 0) is 86.1 Å². The molecule has 10 nitrogen and oxygen atoms in total. The Kier molecular flexibility index (Phi) is 7.95. The number of benzene rings is 3. The number of fused-ring (bicyclic) bond motifs is 9. The number of ether oxygens (including phenoxy) is 2. The van der Waals surface area contributed by atoms with Crippen LogP contribution in [0.15, 0.2) is 82.6 Å². The molecule has 0 spiro atoms. The van der Waals surface area contributed by atoms with Crippen molar-refractivity contribution in [3.63, 3.8) is 0 Å². The minimum absolute atomic E-state index is 0.00503. The van der Waals surface area contributed by atoms with Crippen molar-refractivity contribution in [3.8, 4) is 5.75 Å². The van der Waals surface area contributed by atoms with E-state index in [1.165, 1.54) is 16.2 Å². The number of thiazole rings is 1. The second kappa shape index (κ2) is 12.3. The van der Waals surface area contributed by atoms with E-state index in [0.29, 0.717) is 22.7 Å². The van der Waals surface area contributed by atoms with Crippen LogP contribution in [0.1, 0.15) is 45.6 Å². The lowest BCUT2D eigenvalue weighted by Gasteiger charge is -2.43. The Labute approximate surface area is 290 Å². The monoisotopic (exact) mass is 695 g/mol. The van der Waals surface area contributed by atoms with E-state index in [-0.39, 0.29) is 64.7 Å². The van der Waals surface area contributed by atoms with Crippen LogP contribution in [0.2, 0.25) is 0 Å². The molecule has 3 fully saturated rings. The molecule has 250 valence electrons. The van der Waals surface area contributed by atoms with Gasteiger partial charge in [-0.25, -0.2) is 4.79 Å². The third kappa shape index (κ3) is 5.28. The number of nitrogens with one attached hydrogen (secondary N) is 2. The molecule has 1 aromatic heterocycles. The molecule has 8 rings (SSSR count). The van der Waals surface area contributed by atoms with Crippen LogP contribution in [-0.2, 0) is 19.1 Å². The number of para-hydroxylation sites is 1.